The molecule has 0 unspecified atom stereocenters. The summed E-state index contributed by atoms with van der Waals surface area (Å²) in [5.41, 5.74) is 3.53. The number of hydrogen-bond acceptors (Lipinski definition) is 2. The summed E-state index contributed by atoms with van der Waals surface area (Å²) in [6, 6.07) is 17.0. The summed E-state index contributed by atoms with van der Waals surface area (Å²) < 4.78 is 0. The van der Waals surface area contributed by atoms with E-state index in [4.69, 9.17) is 0 Å². The number of nitrogens with one attached hydrogen (secondary N) is 1. The van der Waals surface area contributed by atoms with E-state index in [1.54, 1.807) is 12.1 Å². The molecule has 114 valence electrons. The number of fused-ring (bicyclic) bond motifs is 1. The molecule has 1 saturated heterocycles. The number of para-hydroxylation sites is 2. The lowest BCUT2D eigenvalue weighted by molar-refractivity contribution is -0.121. The van der Waals surface area contributed by atoms with Gasteiger partial charge in [-0.2, -0.15) is 0 Å². The molecule has 4 rings (SSSR count). The van der Waals surface area contributed by atoms with Crippen LogP contribution in [-0.2, 0) is 9.59 Å². The summed E-state index contributed by atoms with van der Waals surface area (Å²) in [6.45, 7) is 1.96. The van der Waals surface area contributed by atoms with Gasteiger partial charge in [0.25, 0.3) is 0 Å². The van der Waals surface area contributed by atoms with Gasteiger partial charge in [-0.3, -0.25) is 14.5 Å². The van der Waals surface area contributed by atoms with Gasteiger partial charge in [-0.15, -0.1) is 0 Å². The third kappa shape index (κ3) is 2.06. The smallest absolute Gasteiger partial charge is 0.241 e. The molecule has 23 heavy (non-hydrogen) atoms. The van der Waals surface area contributed by atoms with Crippen LogP contribution < -0.4 is 4.90 Å². The van der Waals surface area contributed by atoms with Crippen molar-refractivity contribution in [3.63, 3.8) is 0 Å². The number of amides is 2. The number of aryl methyl sites for hydroxylation is 1. The minimum absolute atomic E-state index is 0.143. The third-order valence-electron chi connectivity index (χ3n) is 4.45. The van der Waals surface area contributed by atoms with Crippen molar-refractivity contribution < 1.29 is 9.59 Å². The summed E-state index contributed by atoms with van der Waals surface area (Å²) in [5.74, 6) is -0.705. The summed E-state index contributed by atoms with van der Waals surface area (Å²) in [5, 5.41) is 1.02. The van der Waals surface area contributed by atoms with Gasteiger partial charge in [0.15, 0.2) is 0 Å². The lowest BCUT2D eigenvalue weighted by atomic mass is 9.94. The van der Waals surface area contributed by atoms with Crippen molar-refractivity contribution in [1.29, 1.82) is 0 Å². The van der Waals surface area contributed by atoms with Crippen LogP contribution in [0, 0.1) is 6.92 Å². The molecular weight excluding hydrogens is 288 g/mol. The van der Waals surface area contributed by atoms with E-state index in [2.05, 4.69) is 4.98 Å². The molecule has 0 aliphatic carbocycles. The topological polar surface area (TPSA) is 53.2 Å². The van der Waals surface area contributed by atoms with Crippen molar-refractivity contribution in [3.8, 4) is 0 Å². The van der Waals surface area contributed by atoms with E-state index >= 15 is 0 Å². The van der Waals surface area contributed by atoms with Crippen LogP contribution in [0.15, 0.2) is 54.6 Å². The number of carbonyl (C=O) groups is 2. The van der Waals surface area contributed by atoms with Crippen molar-refractivity contribution in [2.45, 2.75) is 19.3 Å². The van der Waals surface area contributed by atoms with Crippen LogP contribution >= 0.6 is 0 Å². The molecule has 1 aromatic heterocycles. The number of H-pyrrole nitrogens is 1. The molecule has 0 saturated carbocycles. The molecule has 1 N–H and O–H groups in total. The van der Waals surface area contributed by atoms with Gasteiger partial charge in [-0.05, 0) is 30.7 Å². The fourth-order valence-electron chi connectivity index (χ4n) is 3.45. The summed E-state index contributed by atoms with van der Waals surface area (Å²) in [7, 11) is 0. The molecule has 1 fully saturated rings. The van der Waals surface area contributed by atoms with Gasteiger partial charge in [0.05, 0.1) is 11.6 Å². The van der Waals surface area contributed by atoms with Gasteiger partial charge in [0.1, 0.15) is 0 Å². The normalized spacial score (nSPS) is 18.1. The van der Waals surface area contributed by atoms with Gasteiger partial charge in [0.2, 0.25) is 11.8 Å². The molecule has 1 atom stereocenters. The van der Waals surface area contributed by atoms with E-state index < -0.39 is 5.92 Å². The SMILES string of the molecule is Cc1[nH]c2ccccc2c1[C@@H]1CC(=O)N(c2ccccc2)C1=O. The number of carbonyl (C=O) groups excluding carboxylic acids is 2. The molecule has 0 radical (unpaired) electrons. The molecule has 2 aromatic carbocycles. The zero-order chi connectivity index (χ0) is 16.0. The molecule has 0 bridgehead atoms. The highest BCUT2D eigenvalue weighted by Gasteiger charge is 2.41. The average Bonchev–Trinajstić information content (AvgIpc) is 3.03. The Balaban J connectivity index is 1.80. The van der Waals surface area contributed by atoms with Crippen LogP contribution in [0.3, 0.4) is 0 Å². The maximum Gasteiger partial charge on any atom is 0.241 e. The van der Waals surface area contributed by atoms with Gasteiger partial charge < -0.3 is 4.98 Å². The zero-order valence-electron chi connectivity index (χ0n) is 12.7. The lowest BCUT2D eigenvalue weighted by Gasteiger charge is -2.15. The highest BCUT2D eigenvalue weighted by atomic mass is 16.2. The minimum Gasteiger partial charge on any atom is -0.358 e. The second-order valence-corrected chi connectivity index (χ2v) is 5.87. The Morgan fingerprint density at radius 1 is 1.00 bits per heavy atom. The molecule has 4 heteroatoms. The zero-order valence-corrected chi connectivity index (χ0v) is 12.7. The van der Waals surface area contributed by atoms with Crippen LogP contribution in [-0.4, -0.2) is 16.8 Å². The predicted molar refractivity (Wildman–Crippen MR) is 89.3 cm³/mol. The number of nitrogens with zero attached hydrogens (tertiary/aromatic N) is 1. The summed E-state index contributed by atoms with van der Waals surface area (Å²) >= 11 is 0. The first-order valence-electron chi connectivity index (χ1n) is 7.66. The third-order valence-corrected chi connectivity index (χ3v) is 4.45. The molecule has 1 aliphatic rings. The van der Waals surface area contributed by atoms with Crippen molar-refractivity contribution in [3.05, 3.63) is 65.9 Å². The monoisotopic (exact) mass is 304 g/mol. The quantitative estimate of drug-likeness (QED) is 0.736. The Hall–Kier alpha value is -2.88. The fraction of sp³-hybridized carbons (Fsp3) is 0.158. The molecule has 2 heterocycles. The van der Waals surface area contributed by atoms with Crippen molar-refractivity contribution in [2.75, 3.05) is 4.90 Å². The molecule has 3 aromatic rings. The van der Waals surface area contributed by atoms with E-state index in [9.17, 15) is 9.59 Å². The number of aromatic amines is 1. The summed E-state index contributed by atoms with van der Waals surface area (Å²) in [6.07, 6.45) is 0.219. The molecular formula is C19H16N2O2. The first kappa shape index (κ1) is 13.8. The van der Waals surface area contributed by atoms with Crippen molar-refractivity contribution in [1.82, 2.24) is 4.98 Å². The highest BCUT2D eigenvalue weighted by Crippen LogP contribution is 2.38. The molecule has 4 nitrogen and oxygen atoms in total. The first-order chi connectivity index (χ1) is 11.2. The fourth-order valence-corrected chi connectivity index (χ4v) is 3.45. The Kier molecular flexibility index (Phi) is 3.05. The van der Waals surface area contributed by atoms with Gasteiger partial charge in [0, 0.05) is 23.0 Å². The largest absolute Gasteiger partial charge is 0.358 e. The average molecular weight is 304 g/mol. The van der Waals surface area contributed by atoms with Crippen LogP contribution in [0.2, 0.25) is 0 Å². The summed E-state index contributed by atoms with van der Waals surface area (Å²) in [4.78, 5) is 30.0. The van der Waals surface area contributed by atoms with Gasteiger partial charge >= 0.3 is 0 Å². The van der Waals surface area contributed by atoms with Crippen LogP contribution in [0.1, 0.15) is 23.6 Å². The first-order valence-corrected chi connectivity index (χ1v) is 7.66. The maximum atomic E-state index is 12.9. The molecule has 0 spiro atoms. The second kappa shape index (κ2) is 5.09. The molecule has 1 aliphatic heterocycles. The maximum absolute atomic E-state index is 12.9. The highest BCUT2D eigenvalue weighted by molar-refractivity contribution is 6.23. The minimum atomic E-state index is -0.418. The predicted octanol–water partition coefficient (Wildman–Crippen LogP) is 3.52. The van der Waals surface area contributed by atoms with Crippen LogP contribution in [0.5, 0.6) is 0 Å². The van der Waals surface area contributed by atoms with E-state index in [1.807, 2.05) is 49.4 Å². The van der Waals surface area contributed by atoms with E-state index in [-0.39, 0.29) is 18.2 Å². The Labute approximate surface area is 133 Å². The van der Waals surface area contributed by atoms with E-state index in [0.29, 0.717) is 5.69 Å². The second-order valence-electron chi connectivity index (χ2n) is 5.87. The lowest BCUT2D eigenvalue weighted by Crippen LogP contribution is -2.30. The van der Waals surface area contributed by atoms with Crippen molar-refractivity contribution >= 4 is 28.4 Å². The van der Waals surface area contributed by atoms with Gasteiger partial charge in [-0.1, -0.05) is 36.4 Å². The Morgan fingerprint density at radius 2 is 1.70 bits per heavy atom. The Morgan fingerprint density at radius 3 is 2.48 bits per heavy atom. The van der Waals surface area contributed by atoms with Crippen LogP contribution in [0.4, 0.5) is 5.69 Å². The number of benzene rings is 2. The Bertz CT molecular complexity index is 912. The van der Waals surface area contributed by atoms with Gasteiger partial charge in [-0.25, -0.2) is 0 Å². The number of aromatic nitrogens is 1. The van der Waals surface area contributed by atoms with E-state index in [1.165, 1.54) is 4.90 Å². The number of anilines is 1. The van der Waals surface area contributed by atoms with Crippen molar-refractivity contribution in [2.24, 2.45) is 0 Å². The number of hydrogen-bond donors (Lipinski definition) is 1. The van der Waals surface area contributed by atoms with E-state index in [0.717, 1.165) is 22.2 Å². The van der Waals surface area contributed by atoms with Crippen LogP contribution in [0.25, 0.3) is 10.9 Å². The standard InChI is InChI=1S/C19H16N2O2/c1-12-18(14-9-5-6-10-16(14)20-12)15-11-17(22)21(19(15)23)13-7-3-2-4-8-13/h2-10,15,20H,11H2,1H3/t15-/m0/s1. The number of imide groups is 1. The number of rotatable bonds is 2. The molecule has 2 amide bonds.